The Morgan fingerprint density at radius 3 is 2.89 bits per heavy atom. The Hall–Kier alpha value is -1.90. The number of carbonyl (C=O) groups is 1. The van der Waals surface area contributed by atoms with Gasteiger partial charge in [-0.3, -0.25) is 9.78 Å². The second-order valence-electron chi connectivity index (χ2n) is 4.27. The van der Waals surface area contributed by atoms with Gasteiger partial charge in [0.1, 0.15) is 0 Å². The molecule has 1 heterocycles. The Morgan fingerprint density at radius 1 is 1.53 bits per heavy atom. The molecule has 1 rings (SSSR count). The van der Waals surface area contributed by atoms with Crippen LogP contribution in [0, 0.1) is 11.8 Å². The minimum atomic E-state index is -0.575. The maximum absolute atomic E-state index is 12.0. The Balaban J connectivity index is 2.82. The van der Waals surface area contributed by atoms with Crippen LogP contribution in [0.25, 0.3) is 0 Å². The monoisotopic (exact) mass is 262 g/mol. The lowest BCUT2D eigenvalue weighted by molar-refractivity contribution is 0.0703. The Labute approximate surface area is 112 Å². The van der Waals surface area contributed by atoms with Gasteiger partial charge >= 0.3 is 0 Å². The summed E-state index contributed by atoms with van der Waals surface area (Å²) in [6, 6.07) is 1.65. The molecule has 0 aliphatic heterocycles. The van der Waals surface area contributed by atoms with E-state index in [2.05, 4.69) is 16.8 Å². The number of aliphatic hydroxyl groups excluding tert-OH is 2. The number of aliphatic hydroxyl groups is 2. The van der Waals surface area contributed by atoms with E-state index in [-0.39, 0.29) is 19.1 Å². The molecule has 1 atom stereocenters. The molecule has 0 aliphatic carbocycles. The summed E-state index contributed by atoms with van der Waals surface area (Å²) in [5, 5.41) is 17.9. The van der Waals surface area contributed by atoms with Crippen LogP contribution in [-0.2, 0) is 0 Å². The van der Waals surface area contributed by atoms with Gasteiger partial charge in [0.05, 0.1) is 18.3 Å². The molecule has 0 saturated heterocycles. The number of carbonyl (C=O) groups excluding carboxylic acids is 1. The predicted octanol–water partition coefficient (Wildman–Crippen LogP) is 0.268. The number of likely N-dealkylation sites (N-methyl/N-ethyl adjacent to an activating group) is 1. The highest BCUT2D eigenvalue weighted by molar-refractivity contribution is 5.94. The van der Waals surface area contributed by atoms with Gasteiger partial charge in [-0.25, -0.2) is 0 Å². The summed E-state index contributed by atoms with van der Waals surface area (Å²) < 4.78 is 0. The van der Waals surface area contributed by atoms with Gasteiger partial charge in [-0.05, 0) is 13.0 Å². The third kappa shape index (κ3) is 5.08. The molecule has 0 radical (unpaired) electrons. The topological polar surface area (TPSA) is 73.7 Å². The van der Waals surface area contributed by atoms with Crippen molar-refractivity contribution in [2.75, 3.05) is 20.2 Å². The van der Waals surface area contributed by atoms with Crippen LogP contribution in [0.2, 0.25) is 0 Å². The molecular weight excluding hydrogens is 244 g/mol. The summed E-state index contributed by atoms with van der Waals surface area (Å²) in [6.45, 7) is 1.90. The summed E-state index contributed by atoms with van der Waals surface area (Å²) >= 11 is 0. The normalized spacial score (nSPS) is 11.4. The van der Waals surface area contributed by atoms with Crippen molar-refractivity contribution in [2.45, 2.75) is 19.4 Å². The second kappa shape index (κ2) is 7.52. The highest BCUT2D eigenvalue weighted by atomic mass is 16.3. The summed E-state index contributed by atoms with van der Waals surface area (Å²) in [5.74, 6) is 5.39. The molecule has 102 valence electrons. The second-order valence-corrected chi connectivity index (χ2v) is 4.27. The first-order valence-corrected chi connectivity index (χ1v) is 6.03. The van der Waals surface area contributed by atoms with E-state index in [4.69, 9.17) is 5.11 Å². The molecule has 19 heavy (non-hydrogen) atoms. The average molecular weight is 262 g/mol. The summed E-state index contributed by atoms with van der Waals surface area (Å²) in [7, 11) is 1.62. The Bertz CT molecular complexity index is 489. The summed E-state index contributed by atoms with van der Waals surface area (Å²) in [4.78, 5) is 17.5. The van der Waals surface area contributed by atoms with Crippen molar-refractivity contribution in [1.82, 2.24) is 9.88 Å². The fourth-order valence-electron chi connectivity index (χ4n) is 1.55. The van der Waals surface area contributed by atoms with Gasteiger partial charge in [0, 0.05) is 38.0 Å². The first kappa shape index (κ1) is 15.2. The lowest BCUT2D eigenvalue weighted by atomic mass is 10.2. The van der Waals surface area contributed by atoms with Crippen molar-refractivity contribution in [3.05, 3.63) is 29.6 Å². The van der Waals surface area contributed by atoms with Gasteiger partial charge in [-0.15, -0.1) is 0 Å². The van der Waals surface area contributed by atoms with Gasteiger partial charge in [-0.1, -0.05) is 11.8 Å². The third-order valence-electron chi connectivity index (χ3n) is 2.34. The zero-order valence-electron chi connectivity index (χ0n) is 11.1. The quantitative estimate of drug-likeness (QED) is 0.764. The van der Waals surface area contributed by atoms with Gasteiger partial charge in [0.25, 0.3) is 5.91 Å². The number of nitrogens with zero attached hydrogens (tertiary/aromatic N) is 2. The molecule has 1 aromatic heterocycles. The van der Waals surface area contributed by atoms with Gasteiger partial charge in [0.2, 0.25) is 0 Å². The highest BCUT2D eigenvalue weighted by Gasteiger charge is 2.13. The van der Waals surface area contributed by atoms with Crippen molar-refractivity contribution in [3.8, 4) is 11.8 Å². The van der Waals surface area contributed by atoms with Crippen LogP contribution < -0.4 is 0 Å². The largest absolute Gasteiger partial charge is 0.395 e. The van der Waals surface area contributed by atoms with Crippen LogP contribution in [0.15, 0.2) is 18.5 Å². The maximum atomic E-state index is 12.0. The van der Waals surface area contributed by atoms with Crippen molar-refractivity contribution < 1.29 is 15.0 Å². The zero-order chi connectivity index (χ0) is 14.3. The van der Waals surface area contributed by atoms with E-state index in [0.717, 1.165) is 0 Å². The molecule has 0 aliphatic rings. The van der Waals surface area contributed by atoms with Crippen molar-refractivity contribution in [3.63, 3.8) is 0 Å². The van der Waals surface area contributed by atoms with Crippen LogP contribution in [0.5, 0.6) is 0 Å². The summed E-state index contributed by atoms with van der Waals surface area (Å²) in [6.07, 6.45) is 2.85. The SMILES string of the molecule is CC(O)CN(C)C(=O)c1cncc(C#CCCO)c1. The number of hydrogen-bond donors (Lipinski definition) is 2. The van der Waals surface area contributed by atoms with Crippen LogP contribution >= 0.6 is 0 Å². The minimum Gasteiger partial charge on any atom is -0.395 e. The molecule has 0 saturated carbocycles. The van der Waals surface area contributed by atoms with Gasteiger partial charge < -0.3 is 15.1 Å². The van der Waals surface area contributed by atoms with E-state index < -0.39 is 6.10 Å². The standard InChI is InChI=1S/C14H18N2O3/c1-11(18)10-16(2)14(19)13-7-12(8-15-9-13)5-3-4-6-17/h7-9,11,17-18H,4,6,10H2,1-2H3. The number of rotatable bonds is 4. The van der Waals surface area contributed by atoms with E-state index in [0.29, 0.717) is 17.5 Å². The number of hydrogen-bond acceptors (Lipinski definition) is 4. The number of pyridine rings is 1. The van der Waals surface area contributed by atoms with Crippen molar-refractivity contribution >= 4 is 5.91 Å². The molecule has 0 spiro atoms. The minimum absolute atomic E-state index is 0.0101. The first-order chi connectivity index (χ1) is 9.04. The predicted molar refractivity (Wildman–Crippen MR) is 71.5 cm³/mol. The lowest BCUT2D eigenvalue weighted by Crippen LogP contribution is -2.33. The summed E-state index contributed by atoms with van der Waals surface area (Å²) in [5.41, 5.74) is 1.06. The molecule has 1 amide bonds. The number of amides is 1. The third-order valence-corrected chi connectivity index (χ3v) is 2.34. The van der Waals surface area contributed by atoms with Crippen molar-refractivity contribution in [2.24, 2.45) is 0 Å². The fraction of sp³-hybridized carbons (Fsp3) is 0.429. The van der Waals surface area contributed by atoms with E-state index in [9.17, 15) is 9.90 Å². The molecule has 1 unspecified atom stereocenters. The molecular formula is C14H18N2O3. The van der Waals surface area contributed by atoms with Gasteiger partial charge in [0.15, 0.2) is 0 Å². The lowest BCUT2D eigenvalue weighted by Gasteiger charge is -2.18. The Kier molecular flexibility index (Phi) is 6.00. The molecule has 5 nitrogen and oxygen atoms in total. The van der Waals surface area contributed by atoms with E-state index in [1.54, 1.807) is 26.2 Å². The van der Waals surface area contributed by atoms with Crippen LogP contribution in [0.3, 0.4) is 0 Å². The smallest absolute Gasteiger partial charge is 0.255 e. The fourth-order valence-corrected chi connectivity index (χ4v) is 1.55. The number of aromatic nitrogens is 1. The van der Waals surface area contributed by atoms with Crippen LogP contribution in [0.4, 0.5) is 0 Å². The van der Waals surface area contributed by atoms with E-state index in [1.807, 2.05) is 0 Å². The Morgan fingerprint density at radius 2 is 2.26 bits per heavy atom. The van der Waals surface area contributed by atoms with Crippen molar-refractivity contribution in [1.29, 1.82) is 0 Å². The zero-order valence-corrected chi connectivity index (χ0v) is 11.1. The van der Waals surface area contributed by atoms with Crippen LogP contribution in [-0.4, -0.2) is 52.3 Å². The molecule has 0 aromatic carbocycles. The van der Waals surface area contributed by atoms with Gasteiger partial charge in [-0.2, -0.15) is 0 Å². The van der Waals surface area contributed by atoms with Crippen LogP contribution in [0.1, 0.15) is 29.3 Å². The van der Waals surface area contributed by atoms with E-state index >= 15 is 0 Å². The molecule has 0 fully saturated rings. The molecule has 5 heteroatoms. The highest BCUT2D eigenvalue weighted by Crippen LogP contribution is 2.05. The van der Waals surface area contributed by atoms with E-state index in [1.165, 1.54) is 11.1 Å². The maximum Gasteiger partial charge on any atom is 0.255 e. The average Bonchev–Trinajstić information content (AvgIpc) is 2.38. The first-order valence-electron chi connectivity index (χ1n) is 6.03. The molecule has 1 aromatic rings. The molecule has 2 N–H and O–H groups in total. The molecule has 0 bridgehead atoms.